The molecule has 2 N–H and O–H groups in total. The number of aliphatic carboxylic acids is 1. The van der Waals surface area contributed by atoms with E-state index in [9.17, 15) is 18.0 Å². The molecule has 1 atom stereocenters. The normalized spacial score (nSPS) is 12.4. The summed E-state index contributed by atoms with van der Waals surface area (Å²) < 4.78 is 24.7. The smallest absolute Gasteiger partial charge is 0.310 e. The van der Waals surface area contributed by atoms with Crippen molar-refractivity contribution in [1.29, 1.82) is 0 Å². The minimum Gasteiger partial charge on any atom is -0.481 e. The number of benzene rings is 2. The molecule has 2 aromatic rings. The molecule has 138 valence electrons. The van der Waals surface area contributed by atoms with Crippen LogP contribution in [0.2, 0.25) is 0 Å². The van der Waals surface area contributed by atoms with Crippen LogP contribution in [0.15, 0.2) is 53.4 Å². The van der Waals surface area contributed by atoms with Crippen molar-refractivity contribution in [3.05, 3.63) is 59.7 Å². The molecule has 0 fully saturated rings. The molecule has 0 heterocycles. The van der Waals surface area contributed by atoms with E-state index in [0.717, 1.165) is 0 Å². The highest BCUT2D eigenvalue weighted by Gasteiger charge is 2.21. The van der Waals surface area contributed by atoms with E-state index in [2.05, 4.69) is 5.32 Å². The number of carbonyl (C=O) groups is 2. The summed E-state index contributed by atoms with van der Waals surface area (Å²) in [4.78, 5) is 23.6. The number of carbonyl (C=O) groups excluding carboxylic acids is 1. The Morgan fingerprint density at radius 1 is 1.08 bits per heavy atom. The van der Waals surface area contributed by atoms with Gasteiger partial charge in [0.05, 0.1) is 22.1 Å². The van der Waals surface area contributed by atoms with Gasteiger partial charge in [-0.25, -0.2) is 8.42 Å². The van der Waals surface area contributed by atoms with Gasteiger partial charge in [-0.2, -0.15) is 0 Å². The lowest BCUT2D eigenvalue weighted by atomic mass is 10.0. The largest absolute Gasteiger partial charge is 0.481 e. The fraction of sp³-hybridized carbons (Fsp3) is 0.263. The third kappa shape index (κ3) is 4.49. The van der Waals surface area contributed by atoms with Gasteiger partial charge in [0.1, 0.15) is 0 Å². The molecule has 0 saturated carbocycles. The van der Waals surface area contributed by atoms with Crippen LogP contribution in [0.4, 0.5) is 5.69 Å². The van der Waals surface area contributed by atoms with Crippen molar-refractivity contribution in [3.8, 4) is 0 Å². The molecular weight excluding hydrogens is 354 g/mol. The predicted molar refractivity (Wildman–Crippen MR) is 99.2 cm³/mol. The zero-order valence-corrected chi connectivity index (χ0v) is 15.4. The first-order valence-corrected chi connectivity index (χ1v) is 9.87. The van der Waals surface area contributed by atoms with Gasteiger partial charge in [0.2, 0.25) is 0 Å². The molecule has 0 bridgehead atoms. The van der Waals surface area contributed by atoms with Crippen molar-refractivity contribution in [1.82, 2.24) is 0 Å². The lowest BCUT2D eigenvalue weighted by Crippen LogP contribution is -2.17. The number of anilines is 1. The van der Waals surface area contributed by atoms with E-state index in [1.165, 1.54) is 12.1 Å². The summed E-state index contributed by atoms with van der Waals surface area (Å²) in [7, 11) is -3.53. The average molecular weight is 375 g/mol. The minimum absolute atomic E-state index is 0.00969. The van der Waals surface area contributed by atoms with Crippen LogP contribution >= 0.6 is 0 Å². The number of rotatable bonds is 7. The van der Waals surface area contributed by atoms with E-state index in [0.29, 0.717) is 17.7 Å². The molecule has 1 unspecified atom stereocenters. The van der Waals surface area contributed by atoms with Gasteiger partial charge in [-0.3, -0.25) is 9.59 Å². The Kier molecular flexibility index (Phi) is 6.15. The lowest BCUT2D eigenvalue weighted by molar-refractivity contribution is -0.138. The highest BCUT2D eigenvalue weighted by Crippen LogP contribution is 2.21. The van der Waals surface area contributed by atoms with E-state index in [4.69, 9.17) is 5.11 Å². The summed E-state index contributed by atoms with van der Waals surface area (Å²) in [6, 6.07) is 12.5. The number of carboxylic acids is 1. The van der Waals surface area contributed by atoms with Crippen molar-refractivity contribution in [2.75, 3.05) is 11.1 Å². The van der Waals surface area contributed by atoms with Gasteiger partial charge < -0.3 is 10.4 Å². The fourth-order valence-electron chi connectivity index (χ4n) is 2.50. The van der Waals surface area contributed by atoms with E-state index < -0.39 is 27.6 Å². The molecular formula is C19H21NO5S. The number of hydrogen-bond donors (Lipinski definition) is 2. The Morgan fingerprint density at radius 3 is 2.27 bits per heavy atom. The van der Waals surface area contributed by atoms with E-state index in [-0.39, 0.29) is 16.2 Å². The van der Waals surface area contributed by atoms with Gasteiger partial charge in [-0.1, -0.05) is 31.2 Å². The maximum absolute atomic E-state index is 12.5. The molecule has 26 heavy (non-hydrogen) atoms. The number of nitrogens with one attached hydrogen (secondary N) is 1. The topological polar surface area (TPSA) is 101 Å². The number of carboxylic acid groups (broad SMARTS) is 1. The Bertz CT molecular complexity index is 904. The second-order valence-electron chi connectivity index (χ2n) is 5.95. The molecule has 0 radical (unpaired) electrons. The molecule has 1 amide bonds. The van der Waals surface area contributed by atoms with Crippen LogP contribution < -0.4 is 5.32 Å². The molecule has 6 nitrogen and oxygen atoms in total. The minimum atomic E-state index is -3.53. The highest BCUT2D eigenvalue weighted by molar-refractivity contribution is 7.91. The molecule has 7 heteroatoms. The molecule has 0 aliphatic rings. The first-order chi connectivity index (χ1) is 12.3. The number of sulfone groups is 1. The van der Waals surface area contributed by atoms with E-state index >= 15 is 0 Å². The summed E-state index contributed by atoms with van der Waals surface area (Å²) in [5.41, 5.74) is 1.16. The standard InChI is InChI=1S/C19H21NO5S/c1-3-12-26(24,25)17-7-5-4-6-16(17)18(21)20-15-10-8-14(9-11-15)13(2)19(22)23/h4-11,13H,3,12H2,1-2H3,(H,20,21)(H,22,23). The van der Waals surface area contributed by atoms with Crippen LogP contribution in [0.5, 0.6) is 0 Å². The van der Waals surface area contributed by atoms with Crippen molar-refractivity contribution < 1.29 is 23.1 Å². The molecule has 0 aliphatic carbocycles. The molecule has 0 spiro atoms. The van der Waals surface area contributed by atoms with Crippen LogP contribution in [0, 0.1) is 0 Å². The zero-order valence-electron chi connectivity index (χ0n) is 14.6. The number of hydrogen-bond acceptors (Lipinski definition) is 4. The zero-order chi connectivity index (χ0) is 19.3. The summed E-state index contributed by atoms with van der Waals surface area (Å²) >= 11 is 0. The van der Waals surface area contributed by atoms with Crippen molar-refractivity contribution >= 4 is 27.4 Å². The van der Waals surface area contributed by atoms with E-state index in [1.807, 2.05) is 0 Å². The van der Waals surface area contributed by atoms with Gasteiger partial charge in [0.25, 0.3) is 5.91 Å². The quantitative estimate of drug-likeness (QED) is 0.773. The second kappa shape index (κ2) is 8.14. The predicted octanol–water partition coefficient (Wildman–Crippen LogP) is 3.31. The molecule has 2 aromatic carbocycles. The van der Waals surface area contributed by atoms with Crippen LogP contribution in [-0.4, -0.2) is 31.2 Å². The maximum Gasteiger partial charge on any atom is 0.310 e. The van der Waals surface area contributed by atoms with Gasteiger partial charge in [0.15, 0.2) is 9.84 Å². The van der Waals surface area contributed by atoms with Crippen LogP contribution in [0.3, 0.4) is 0 Å². The SMILES string of the molecule is CCCS(=O)(=O)c1ccccc1C(=O)Nc1ccc(C(C)C(=O)O)cc1. The van der Waals surface area contributed by atoms with Crippen LogP contribution in [-0.2, 0) is 14.6 Å². The first-order valence-electron chi connectivity index (χ1n) is 8.22. The molecule has 2 rings (SSSR count). The van der Waals surface area contributed by atoms with Crippen LogP contribution in [0.25, 0.3) is 0 Å². The average Bonchev–Trinajstić information content (AvgIpc) is 2.61. The third-order valence-electron chi connectivity index (χ3n) is 3.98. The molecule has 0 saturated heterocycles. The van der Waals surface area contributed by atoms with Crippen molar-refractivity contribution in [2.45, 2.75) is 31.1 Å². The van der Waals surface area contributed by atoms with Gasteiger partial charge >= 0.3 is 5.97 Å². The third-order valence-corrected chi connectivity index (χ3v) is 5.95. The second-order valence-corrected chi connectivity index (χ2v) is 8.03. The maximum atomic E-state index is 12.5. The Labute approximate surface area is 152 Å². The van der Waals surface area contributed by atoms with Crippen molar-refractivity contribution in [2.24, 2.45) is 0 Å². The van der Waals surface area contributed by atoms with Gasteiger partial charge in [0, 0.05) is 5.69 Å². The van der Waals surface area contributed by atoms with Gasteiger partial charge in [-0.15, -0.1) is 0 Å². The van der Waals surface area contributed by atoms with Gasteiger partial charge in [-0.05, 0) is 43.2 Å². The molecule has 0 aromatic heterocycles. The highest BCUT2D eigenvalue weighted by atomic mass is 32.2. The Morgan fingerprint density at radius 2 is 1.69 bits per heavy atom. The summed E-state index contributed by atoms with van der Waals surface area (Å²) in [5.74, 6) is -2.14. The Hall–Kier alpha value is -2.67. The van der Waals surface area contributed by atoms with E-state index in [1.54, 1.807) is 50.2 Å². The monoisotopic (exact) mass is 375 g/mol. The number of amides is 1. The summed E-state index contributed by atoms with van der Waals surface area (Å²) in [6.45, 7) is 3.34. The first kappa shape index (κ1) is 19.7. The lowest BCUT2D eigenvalue weighted by Gasteiger charge is -2.12. The summed E-state index contributed by atoms with van der Waals surface area (Å²) in [5, 5.41) is 11.7. The molecule has 0 aliphatic heterocycles. The fourth-order valence-corrected chi connectivity index (χ4v) is 4.04. The summed E-state index contributed by atoms with van der Waals surface area (Å²) in [6.07, 6.45) is 0.460. The van der Waals surface area contributed by atoms with Crippen LogP contribution in [0.1, 0.15) is 42.1 Å². The Balaban J connectivity index is 2.25. The van der Waals surface area contributed by atoms with Crippen molar-refractivity contribution in [3.63, 3.8) is 0 Å².